The number of benzene rings is 2. The Hall–Kier alpha value is -1.70. The van der Waals surface area contributed by atoms with Crippen molar-refractivity contribution in [3.8, 4) is 5.75 Å². The average molecular weight is 403 g/mol. The minimum Gasteiger partial charge on any atom is -0.484 e. The lowest BCUT2D eigenvalue weighted by molar-refractivity contribution is -0.118. The summed E-state index contributed by atoms with van der Waals surface area (Å²) in [7, 11) is 0. The van der Waals surface area contributed by atoms with Gasteiger partial charge in [0.25, 0.3) is 5.91 Å². The fourth-order valence-corrected chi connectivity index (χ4v) is 6.46. The van der Waals surface area contributed by atoms with Crippen LogP contribution >= 0.6 is 34.9 Å². The molecule has 4 nitrogen and oxygen atoms in total. The normalized spacial score (nSPS) is 14.7. The highest BCUT2D eigenvalue weighted by molar-refractivity contribution is 8.19. The molecule has 0 atom stereocenters. The van der Waals surface area contributed by atoms with Crippen molar-refractivity contribution in [3.05, 3.63) is 53.0 Å². The van der Waals surface area contributed by atoms with Gasteiger partial charge in [0.2, 0.25) is 0 Å². The summed E-state index contributed by atoms with van der Waals surface area (Å²) in [6.07, 6.45) is 0. The quantitative estimate of drug-likeness (QED) is 0.643. The Labute approximate surface area is 164 Å². The average Bonchev–Trinajstić information content (AvgIpc) is 3.29. The molecule has 3 aromatic rings. The van der Waals surface area contributed by atoms with E-state index in [9.17, 15) is 4.79 Å². The molecule has 1 aliphatic rings. The predicted molar refractivity (Wildman–Crippen MR) is 113 cm³/mol. The first kappa shape index (κ1) is 17.7. The molecule has 1 amide bonds. The molecule has 1 aromatic heterocycles. The summed E-state index contributed by atoms with van der Waals surface area (Å²) in [4.78, 5) is 16.6. The van der Waals surface area contributed by atoms with Crippen molar-refractivity contribution in [1.82, 2.24) is 4.98 Å². The van der Waals surface area contributed by atoms with Crippen molar-refractivity contribution in [1.29, 1.82) is 0 Å². The van der Waals surface area contributed by atoms with Crippen LogP contribution in [-0.2, 0) is 4.79 Å². The smallest absolute Gasteiger partial charge is 0.262 e. The summed E-state index contributed by atoms with van der Waals surface area (Å²) in [5.41, 5.74) is 3.03. The topological polar surface area (TPSA) is 51.2 Å². The molecule has 0 saturated carbocycles. The van der Waals surface area contributed by atoms with E-state index in [1.807, 2.05) is 60.8 Å². The van der Waals surface area contributed by atoms with Crippen molar-refractivity contribution in [2.75, 3.05) is 23.4 Å². The molecular weight excluding hydrogens is 384 g/mol. The molecule has 0 radical (unpaired) electrons. The second-order valence-corrected chi connectivity index (χ2v) is 9.85. The summed E-state index contributed by atoms with van der Waals surface area (Å²) in [6.45, 7) is 1.97. The molecule has 0 bridgehead atoms. The lowest BCUT2D eigenvalue weighted by atomic mass is 10.2. The number of amides is 1. The van der Waals surface area contributed by atoms with Crippen LogP contribution < -0.4 is 10.1 Å². The Balaban J connectivity index is 1.32. The van der Waals surface area contributed by atoms with Crippen molar-refractivity contribution in [2.24, 2.45) is 0 Å². The molecular formula is C19H18N2O2S3. The van der Waals surface area contributed by atoms with Crippen LogP contribution in [-0.4, -0.2) is 29.0 Å². The Kier molecular flexibility index (Phi) is 5.38. The second kappa shape index (κ2) is 7.90. The number of hydrogen-bond donors (Lipinski definition) is 1. The zero-order valence-corrected chi connectivity index (χ0v) is 16.7. The fourth-order valence-electron chi connectivity index (χ4n) is 2.74. The third-order valence-electron chi connectivity index (χ3n) is 3.92. The highest BCUT2D eigenvalue weighted by atomic mass is 32.2. The van der Waals surface area contributed by atoms with Gasteiger partial charge in [-0.1, -0.05) is 12.1 Å². The maximum absolute atomic E-state index is 12.1. The highest BCUT2D eigenvalue weighted by Gasteiger charge is 2.18. The fraction of sp³-hybridized carbons (Fsp3) is 0.263. The number of nitrogens with one attached hydrogen (secondary N) is 1. The van der Waals surface area contributed by atoms with Gasteiger partial charge in [-0.15, -0.1) is 34.9 Å². The van der Waals surface area contributed by atoms with Gasteiger partial charge in [0, 0.05) is 17.2 Å². The maximum atomic E-state index is 12.1. The Morgan fingerprint density at radius 1 is 1.19 bits per heavy atom. The minimum atomic E-state index is -0.170. The van der Waals surface area contributed by atoms with E-state index < -0.39 is 0 Å². The number of aromatic nitrogens is 1. The number of thiazole rings is 1. The van der Waals surface area contributed by atoms with Crippen LogP contribution in [0.4, 0.5) is 5.69 Å². The van der Waals surface area contributed by atoms with E-state index in [4.69, 9.17) is 4.74 Å². The van der Waals surface area contributed by atoms with E-state index in [1.165, 1.54) is 17.1 Å². The van der Waals surface area contributed by atoms with Crippen LogP contribution in [0.5, 0.6) is 5.75 Å². The van der Waals surface area contributed by atoms with Gasteiger partial charge in [-0.05, 0) is 42.8 Å². The summed E-state index contributed by atoms with van der Waals surface area (Å²) < 4.78 is 7.21. The van der Waals surface area contributed by atoms with Gasteiger partial charge in [0.1, 0.15) is 5.75 Å². The van der Waals surface area contributed by atoms with Gasteiger partial charge in [-0.25, -0.2) is 4.98 Å². The highest BCUT2D eigenvalue weighted by Crippen LogP contribution is 2.45. The maximum Gasteiger partial charge on any atom is 0.262 e. The van der Waals surface area contributed by atoms with Gasteiger partial charge >= 0.3 is 0 Å². The molecule has 26 heavy (non-hydrogen) atoms. The summed E-state index contributed by atoms with van der Waals surface area (Å²) in [5.74, 6) is 2.96. The number of ether oxygens (including phenoxy) is 1. The molecule has 0 unspecified atom stereocenters. The van der Waals surface area contributed by atoms with Crippen molar-refractivity contribution >= 4 is 56.7 Å². The zero-order chi connectivity index (χ0) is 17.9. The number of carbonyl (C=O) groups is 1. The van der Waals surface area contributed by atoms with Gasteiger partial charge in [-0.3, -0.25) is 4.79 Å². The van der Waals surface area contributed by atoms with Crippen LogP contribution in [0.2, 0.25) is 0 Å². The zero-order valence-electron chi connectivity index (χ0n) is 14.2. The number of thioether (sulfide) groups is 2. The van der Waals surface area contributed by atoms with E-state index in [-0.39, 0.29) is 12.5 Å². The third-order valence-corrected chi connectivity index (χ3v) is 7.96. The Morgan fingerprint density at radius 3 is 2.73 bits per heavy atom. The SMILES string of the molecule is Cc1nc2ccc(NC(=O)COc3ccc(C4SCCS4)cc3)cc2s1. The van der Waals surface area contributed by atoms with E-state index in [0.717, 1.165) is 20.9 Å². The van der Waals surface area contributed by atoms with Crippen molar-refractivity contribution in [3.63, 3.8) is 0 Å². The van der Waals surface area contributed by atoms with Crippen LogP contribution in [0.25, 0.3) is 10.2 Å². The summed E-state index contributed by atoms with van der Waals surface area (Å²) >= 11 is 5.57. The number of rotatable bonds is 5. The summed E-state index contributed by atoms with van der Waals surface area (Å²) in [5, 5.41) is 3.90. The minimum absolute atomic E-state index is 0.00791. The van der Waals surface area contributed by atoms with Gasteiger partial charge < -0.3 is 10.1 Å². The molecule has 1 saturated heterocycles. The molecule has 1 N–H and O–H groups in total. The Morgan fingerprint density at radius 2 is 1.96 bits per heavy atom. The number of nitrogens with zero attached hydrogens (tertiary/aromatic N) is 1. The molecule has 2 aromatic carbocycles. The van der Waals surface area contributed by atoms with Crippen LogP contribution in [0.1, 0.15) is 15.2 Å². The number of fused-ring (bicyclic) bond motifs is 1. The van der Waals surface area contributed by atoms with E-state index >= 15 is 0 Å². The number of aryl methyl sites for hydroxylation is 1. The number of hydrogen-bond acceptors (Lipinski definition) is 6. The number of carbonyl (C=O) groups excluding carboxylic acids is 1. The van der Waals surface area contributed by atoms with Gasteiger partial charge in [0.05, 0.1) is 19.8 Å². The number of anilines is 1. The van der Waals surface area contributed by atoms with Gasteiger partial charge in [0.15, 0.2) is 6.61 Å². The van der Waals surface area contributed by atoms with Crippen molar-refractivity contribution < 1.29 is 9.53 Å². The second-order valence-electron chi connectivity index (χ2n) is 5.89. The molecule has 134 valence electrons. The molecule has 4 rings (SSSR count). The molecule has 7 heteroatoms. The lowest BCUT2D eigenvalue weighted by Gasteiger charge is -2.10. The van der Waals surface area contributed by atoms with E-state index in [2.05, 4.69) is 22.4 Å². The predicted octanol–water partition coefficient (Wildman–Crippen LogP) is 5.10. The standard InChI is InChI=1S/C19H18N2O2S3/c1-12-20-16-7-4-14(10-17(16)26-12)21-18(22)11-23-15-5-2-13(3-6-15)19-24-8-9-25-19/h2-7,10,19H,8-9,11H2,1H3,(H,21,22). The van der Waals surface area contributed by atoms with Crippen LogP contribution in [0.3, 0.4) is 0 Å². The molecule has 0 spiro atoms. The first-order valence-corrected chi connectivity index (χ1v) is 11.2. The lowest BCUT2D eigenvalue weighted by Crippen LogP contribution is -2.20. The summed E-state index contributed by atoms with van der Waals surface area (Å²) in [6, 6.07) is 13.8. The Bertz CT molecular complexity index is 918. The molecule has 1 aliphatic heterocycles. The van der Waals surface area contributed by atoms with Gasteiger partial charge in [-0.2, -0.15) is 0 Å². The van der Waals surface area contributed by atoms with Crippen LogP contribution in [0, 0.1) is 6.92 Å². The van der Waals surface area contributed by atoms with Crippen molar-refractivity contribution in [2.45, 2.75) is 11.5 Å². The third kappa shape index (κ3) is 4.16. The molecule has 0 aliphatic carbocycles. The largest absolute Gasteiger partial charge is 0.484 e. The van der Waals surface area contributed by atoms with E-state index in [1.54, 1.807) is 11.3 Å². The first-order chi connectivity index (χ1) is 12.7. The monoisotopic (exact) mass is 402 g/mol. The molecule has 1 fully saturated rings. The van der Waals surface area contributed by atoms with Crippen LogP contribution in [0.15, 0.2) is 42.5 Å². The van der Waals surface area contributed by atoms with E-state index in [0.29, 0.717) is 10.3 Å². The molecule has 2 heterocycles. The first-order valence-electron chi connectivity index (χ1n) is 8.30.